The minimum absolute atomic E-state index is 0.424. The van der Waals surface area contributed by atoms with Gasteiger partial charge in [-0.1, -0.05) is 40.2 Å². The van der Waals surface area contributed by atoms with Gasteiger partial charge in [0.05, 0.1) is 0 Å². The molecule has 0 N–H and O–H groups in total. The van der Waals surface area contributed by atoms with Crippen LogP contribution >= 0.6 is 15.9 Å². The Labute approximate surface area is 129 Å². The Hall–Kier alpha value is -2.01. The van der Waals surface area contributed by atoms with Crippen molar-refractivity contribution in [1.82, 2.24) is 9.55 Å². The van der Waals surface area contributed by atoms with Crippen LogP contribution in [0.15, 0.2) is 59.3 Å². The van der Waals surface area contributed by atoms with Crippen molar-refractivity contribution in [2.45, 2.75) is 6.54 Å². The van der Waals surface area contributed by atoms with Gasteiger partial charge in [0.15, 0.2) is 11.6 Å². The molecule has 0 atom stereocenters. The lowest BCUT2D eigenvalue weighted by Crippen LogP contribution is -2.02. The second kappa shape index (κ2) is 5.77. The third-order valence-corrected chi connectivity index (χ3v) is 3.86. The maximum atomic E-state index is 13.3. The molecule has 1 aromatic heterocycles. The van der Waals surface area contributed by atoms with Crippen molar-refractivity contribution in [2.75, 3.05) is 0 Å². The van der Waals surface area contributed by atoms with Gasteiger partial charge in [0.2, 0.25) is 0 Å². The van der Waals surface area contributed by atoms with E-state index in [1.807, 2.05) is 35.0 Å². The topological polar surface area (TPSA) is 17.8 Å². The number of hydrogen-bond donors (Lipinski definition) is 0. The summed E-state index contributed by atoms with van der Waals surface area (Å²) in [6.45, 7) is 0.424. The normalized spacial score (nSPS) is 10.8. The first kappa shape index (κ1) is 13.9. The van der Waals surface area contributed by atoms with Crippen LogP contribution < -0.4 is 0 Å². The molecule has 1 heterocycles. The lowest BCUT2D eigenvalue weighted by molar-refractivity contribution is 0.506. The third-order valence-electron chi connectivity index (χ3n) is 3.17. The minimum Gasteiger partial charge on any atom is -0.327 e. The predicted molar refractivity (Wildman–Crippen MR) is 80.8 cm³/mol. The van der Waals surface area contributed by atoms with E-state index in [9.17, 15) is 8.78 Å². The first-order chi connectivity index (χ1) is 10.1. The largest absolute Gasteiger partial charge is 0.327 e. The van der Waals surface area contributed by atoms with Gasteiger partial charge in [-0.3, -0.25) is 0 Å². The fourth-order valence-electron chi connectivity index (χ4n) is 2.16. The average molecular weight is 349 g/mol. The Morgan fingerprint density at radius 2 is 1.86 bits per heavy atom. The maximum Gasteiger partial charge on any atom is 0.159 e. The second-order valence-corrected chi connectivity index (χ2v) is 5.46. The van der Waals surface area contributed by atoms with Gasteiger partial charge < -0.3 is 4.57 Å². The molecule has 0 aliphatic rings. The van der Waals surface area contributed by atoms with E-state index in [1.54, 1.807) is 12.3 Å². The van der Waals surface area contributed by atoms with E-state index in [0.29, 0.717) is 12.1 Å². The van der Waals surface area contributed by atoms with Gasteiger partial charge >= 0.3 is 0 Å². The van der Waals surface area contributed by atoms with Crippen molar-refractivity contribution in [1.29, 1.82) is 0 Å². The first-order valence-electron chi connectivity index (χ1n) is 6.35. The van der Waals surface area contributed by atoms with Crippen LogP contribution in [0.25, 0.3) is 11.4 Å². The summed E-state index contributed by atoms with van der Waals surface area (Å²) in [7, 11) is 0. The highest BCUT2D eigenvalue weighted by Crippen LogP contribution is 2.27. The Morgan fingerprint density at radius 3 is 2.62 bits per heavy atom. The van der Waals surface area contributed by atoms with Gasteiger partial charge in [0.1, 0.15) is 5.82 Å². The summed E-state index contributed by atoms with van der Waals surface area (Å²) in [6.07, 6.45) is 3.50. The number of rotatable bonds is 3. The molecule has 106 valence electrons. The van der Waals surface area contributed by atoms with Crippen LogP contribution in [-0.4, -0.2) is 9.55 Å². The van der Waals surface area contributed by atoms with Gasteiger partial charge in [0, 0.05) is 29.0 Å². The Kier molecular flexibility index (Phi) is 3.84. The van der Waals surface area contributed by atoms with E-state index in [0.717, 1.165) is 21.9 Å². The van der Waals surface area contributed by atoms with Crippen molar-refractivity contribution < 1.29 is 8.78 Å². The molecule has 5 heteroatoms. The summed E-state index contributed by atoms with van der Waals surface area (Å²) < 4.78 is 29.1. The molecular weight excluding hydrogens is 338 g/mol. The lowest BCUT2D eigenvalue weighted by Gasteiger charge is -2.09. The summed E-state index contributed by atoms with van der Waals surface area (Å²) in [4.78, 5) is 4.35. The molecule has 0 amide bonds. The third kappa shape index (κ3) is 2.88. The van der Waals surface area contributed by atoms with E-state index < -0.39 is 11.6 Å². The van der Waals surface area contributed by atoms with Gasteiger partial charge in [-0.2, -0.15) is 0 Å². The van der Waals surface area contributed by atoms with Crippen LogP contribution in [0.4, 0.5) is 8.78 Å². The number of aromatic nitrogens is 2. The molecule has 0 fully saturated rings. The molecular formula is C16H11BrF2N2. The molecule has 2 aromatic carbocycles. The standard InChI is InChI=1S/C16H11BrF2N2/c17-13-4-2-1-3-12(13)16-20-7-8-21(16)10-11-5-6-14(18)15(19)9-11/h1-9H,10H2. The monoisotopic (exact) mass is 348 g/mol. The zero-order valence-electron chi connectivity index (χ0n) is 10.9. The Morgan fingerprint density at radius 1 is 1.05 bits per heavy atom. The number of halogens is 3. The zero-order chi connectivity index (χ0) is 14.8. The number of nitrogens with zero attached hydrogens (tertiary/aromatic N) is 2. The quantitative estimate of drug-likeness (QED) is 0.674. The van der Waals surface area contributed by atoms with Gasteiger partial charge in [-0.15, -0.1) is 0 Å². The van der Waals surface area contributed by atoms with E-state index in [4.69, 9.17) is 0 Å². The Bertz CT molecular complexity index is 783. The van der Waals surface area contributed by atoms with Crippen LogP contribution in [-0.2, 0) is 6.54 Å². The molecule has 2 nitrogen and oxygen atoms in total. The average Bonchev–Trinajstić information content (AvgIpc) is 2.91. The fourth-order valence-corrected chi connectivity index (χ4v) is 2.62. The highest BCUT2D eigenvalue weighted by atomic mass is 79.9. The van der Waals surface area contributed by atoms with Gasteiger partial charge in [0.25, 0.3) is 0 Å². The summed E-state index contributed by atoms with van der Waals surface area (Å²) in [5.41, 5.74) is 1.63. The number of benzene rings is 2. The number of hydrogen-bond acceptors (Lipinski definition) is 1. The van der Waals surface area contributed by atoms with Crippen molar-refractivity contribution >= 4 is 15.9 Å². The van der Waals surface area contributed by atoms with Gasteiger partial charge in [-0.05, 0) is 23.8 Å². The summed E-state index contributed by atoms with van der Waals surface area (Å²) in [5, 5.41) is 0. The maximum absolute atomic E-state index is 13.3. The van der Waals surface area contributed by atoms with E-state index in [-0.39, 0.29) is 0 Å². The molecule has 21 heavy (non-hydrogen) atoms. The molecule has 3 rings (SSSR count). The molecule has 3 aromatic rings. The molecule has 0 radical (unpaired) electrons. The molecule has 0 saturated carbocycles. The predicted octanol–water partition coefficient (Wildman–Crippen LogP) is 4.64. The van der Waals surface area contributed by atoms with Crippen LogP contribution in [0.3, 0.4) is 0 Å². The molecule has 0 bridgehead atoms. The Balaban J connectivity index is 1.96. The van der Waals surface area contributed by atoms with Crippen LogP contribution in [0.1, 0.15) is 5.56 Å². The van der Waals surface area contributed by atoms with E-state index in [2.05, 4.69) is 20.9 Å². The SMILES string of the molecule is Fc1ccc(Cn2ccnc2-c2ccccc2Br)cc1F. The number of imidazole rings is 1. The summed E-state index contributed by atoms with van der Waals surface area (Å²) in [6, 6.07) is 11.7. The van der Waals surface area contributed by atoms with Crippen LogP contribution in [0, 0.1) is 11.6 Å². The van der Waals surface area contributed by atoms with Crippen molar-refractivity contribution in [3.05, 3.63) is 76.5 Å². The smallest absolute Gasteiger partial charge is 0.159 e. The molecule has 0 spiro atoms. The molecule has 0 saturated heterocycles. The molecule has 0 unspecified atom stereocenters. The zero-order valence-corrected chi connectivity index (χ0v) is 12.5. The fraction of sp³-hybridized carbons (Fsp3) is 0.0625. The van der Waals surface area contributed by atoms with Gasteiger partial charge in [-0.25, -0.2) is 13.8 Å². The van der Waals surface area contributed by atoms with E-state index >= 15 is 0 Å². The van der Waals surface area contributed by atoms with Crippen molar-refractivity contribution in [3.8, 4) is 11.4 Å². The highest BCUT2D eigenvalue weighted by molar-refractivity contribution is 9.10. The van der Waals surface area contributed by atoms with Crippen molar-refractivity contribution in [3.63, 3.8) is 0 Å². The second-order valence-electron chi connectivity index (χ2n) is 4.61. The molecule has 0 aliphatic heterocycles. The highest BCUT2D eigenvalue weighted by Gasteiger charge is 2.10. The molecule has 0 aliphatic carbocycles. The summed E-state index contributed by atoms with van der Waals surface area (Å²) >= 11 is 3.50. The van der Waals surface area contributed by atoms with Crippen molar-refractivity contribution in [2.24, 2.45) is 0 Å². The summed E-state index contributed by atoms with van der Waals surface area (Å²) in [5.74, 6) is -0.905. The first-order valence-corrected chi connectivity index (χ1v) is 7.14. The van der Waals surface area contributed by atoms with Crippen LogP contribution in [0.2, 0.25) is 0 Å². The lowest BCUT2D eigenvalue weighted by atomic mass is 10.2. The van der Waals surface area contributed by atoms with Crippen LogP contribution in [0.5, 0.6) is 0 Å². The van der Waals surface area contributed by atoms with E-state index in [1.165, 1.54) is 6.07 Å². The minimum atomic E-state index is -0.838.